The van der Waals surface area contributed by atoms with Crippen LogP contribution < -0.4 is 5.32 Å². The van der Waals surface area contributed by atoms with Crippen LogP contribution in [0.3, 0.4) is 0 Å². The zero-order valence-corrected chi connectivity index (χ0v) is 10.1. The Balaban J connectivity index is 2.05. The van der Waals surface area contributed by atoms with Gasteiger partial charge < -0.3 is 15.2 Å². The molecule has 1 aromatic carbocycles. The van der Waals surface area contributed by atoms with Gasteiger partial charge in [0, 0.05) is 18.8 Å². The van der Waals surface area contributed by atoms with Gasteiger partial charge in [0.15, 0.2) is 0 Å². The lowest BCUT2D eigenvalue weighted by Crippen LogP contribution is -2.40. The van der Waals surface area contributed by atoms with Crippen molar-refractivity contribution in [1.29, 1.82) is 0 Å². The molecule has 0 atom stereocenters. The Kier molecular flexibility index (Phi) is 3.33. The molecule has 1 aliphatic carbocycles. The number of carboxylic acids is 1. The zero-order chi connectivity index (χ0) is 12.4. The van der Waals surface area contributed by atoms with Crippen LogP contribution in [0.25, 0.3) is 0 Å². The van der Waals surface area contributed by atoms with Gasteiger partial charge in [0.25, 0.3) is 0 Å². The third kappa shape index (κ3) is 2.58. The average Bonchev–Trinajstić information content (AvgIpc) is 2.24. The number of aromatic carboxylic acids is 1. The molecule has 0 spiro atoms. The minimum atomic E-state index is -0.892. The van der Waals surface area contributed by atoms with Crippen LogP contribution in [-0.2, 0) is 4.74 Å². The lowest BCUT2D eigenvalue weighted by Gasteiger charge is -2.35. The Morgan fingerprint density at radius 2 is 2.18 bits per heavy atom. The van der Waals surface area contributed by atoms with E-state index < -0.39 is 5.97 Å². The standard InChI is InChI=1S/C13H17NO3/c1-8-3-4-9(13(15)16)5-12(8)14-10-6-11(7-10)17-2/h3-5,10-11,14H,6-7H2,1-2H3,(H,15,16). The van der Waals surface area contributed by atoms with Crippen LogP contribution in [0.5, 0.6) is 0 Å². The van der Waals surface area contributed by atoms with Crippen LogP contribution in [0.1, 0.15) is 28.8 Å². The van der Waals surface area contributed by atoms with E-state index in [1.54, 1.807) is 19.2 Å². The lowest BCUT2D eigenvalue weighted by molar-refractivity contribution is 0.0328. The van der Waals surface area contributed by atoms with E-state index in [2.05, 4.69) is 5.32 Å². The van der Waals surface area contributed by atoms with Crippen LogP contribution in [0, 0.1) is 6.92 Å². The molecule has 0 unspecified atom stereocenters. The molecule has 0 saturated heterocycles. The largest absolute Gasteiger partial charge is 0.478 e. The molecule has 1 aromatic rings. The van der Waals surface area contributed by atoms with E-state index in [9.17, 15) is 4.79 Å². The van der Waals surface area contributed by atoms with E-state index in [4.69, 9.17) is 9.84 Å². The summed E-state index contributed by atoms with van der Waals surface area (Å²) in [4.78, 5) is 10.9. The van der Waals surface area contributed by atoms with Gasteiger partial charge in [-0.25, -0.2) is 4.79 Å². The van der Waals surface area contributed by atoms with Gasteiger partial charge >= 0.3 is 5.97 Å². The molecule has 0 bridgehead atoms. The summed E-state index contributed by atoms with van der Waals surface area (Å²) in [5, 5.41) is 12.3. The molecule has 1 saturated carbocycles. The SMILES string of the molecule is COC1CC(Nc2cc(C(=O)O)ccc2C)C1. The summed E-state index contributed by atoms with van der Waals surface area (Å²) in [7, 11) is 1.72. The molecule has 1 aliphatic rings. The number of hydrogen-bond donors (Lipinski definition) is 2. The molecular weight excluding hydrogens is 218 g/mol. The predicted octanol–water partition coefficient (Wildman–Crippen LogP) is 2.28. The first-order valence-corrected chi connectivity index (χ1v) is 5.73. The monoisotopic (exact) mass is 235 g/mol. The number of benzene rings is 1. The molecule has 17 heavy (non-hydrogen) atoms. The molecule has 0 aromatic heterocycles. The number of aryl methyl sites for hydroxylation is 1. The van der Waals surface area contributed by atoms with Crippen molar-refractivity contribution in [3.8, 4) is 0 Å². The third-order valence-electron chi connectivity index (χ3n) is 3.27. The Morgan fingerprint density at radius 1 is 1.47 bits per heavy atom. The van der Waals surface area contributed by atoms with Gasteiger partial charge in [0.2, 0.25) is 0 Å². The number of hydrogen-bond acceptors (Lipinski definition) is 3. The minimum absolute atomic E-state index is 0.320. The van der Waals surface area contributed by atoms with Crippen molar-refractivity contribution in [2.24, 2.45) is 0 Å². The smallest absolute Gasteiger partial charge is 0.335 e. The van der Waals surface area contributed by atoms with Crippen molar-refractivity contribution < 1.29 is 14.6 Å². The fourth-order valence-corrected chi connectivity index (χ4v) is 2.01. The van der Waals surface area contributed by atoms with Crippen LogP contribution in [0.4, 0.5) is 5.69 Å². The number of carbonyl (C=O) groups is 1. The molecule has 0 amide bonds. The van der Waals surface area contributed by atoms with Crippen LogP contribution in [-0.4, -0.2) is 30.3 Å². The quantitative estimate of drug-likeness (QED) is 0.840. The molecule has 4 heteroatoms. The first-order chi connectivity index (χ1) is 8.10. The van der Waals surface area contributed by atoms with Crippen LogP contribution in [0.15, 0.2) is 18.2 Å². The lowest BCUT2D eigenvalue weighted by atomic mass is 9.89. The van der Waals surface area contributed by atoms with Crippen molar-refractivity contribution >= 4 is 11.7 Å². The summed E-state index contributed by atoms with van der Waals surface area (Å²) in [5.74, 6) is -0.892. The predicted molar refractivity (Wildman–Crippen MR) is 65.6 cm³/mol. The third-order valence-corrected chi connectivity index (χ3v) is 3.27. The maximum absolute atomic E-state index is 10.9. The van der Waals surface area contributed by atoms with E-state index in [0.717, 1.165) is 24.1 Å². The highest BCUT2D eigenvalue weighted by molar-refractivity contribution is 5.89. The highest BCUT2D eigenvalue weighted by Crippen LogP contribution is 2.28. The number of methoxy groups -OCH3 is 1. The molecule has 1 fully saturated rings. The second-order valence-electron chi connectivity index (χ2n) is 4.51. The van der Waals surface area contributed by atoms with E-state index in [1.165, 1.54) is 0 Å². The molecule has 0 heterocycles. The fourth-order valence-electron chi connectivity index (χ4n) is 2.01. The molecule has 2 rings (SSSR count). The average molecular weight is 235 g/mol. The maximum atomic E-state index is 10.9. The maximum Gasteiger partial charge on any atom is 0.335 e. The van der Waals surface area contributed by atoms with Gasteiger partial charge in [-0.05, 0) is 37.5 Å². The summed E-state index contributed by atoms with van der Waals surface area (Å²) in [6.07, 6.45) is 2.30. The number of ether oxygens (including phenoxy) is 1. The van der Waals surface area contributed by atoms with Crippen molar-refractivity contribution in [3.63, 3.8) is 0 Å². The number of anilines is 1. The van der Waals surface area contributed by atoms with Crippen molar-refractivity contribution in [2.75, 3.05) is 12.4 Å². The molecule has 0 radical (unpaired) electrons. The summed E-state index contributed by atoms with van der Waals surface area (Å²) in [6.45, 7) is 1.97. The molecule has 2 N–H and O–H groups in total. The highest BCUT2D eigenvalue weighted by Gasteiger charge is 2.29. The Hall–Kier alpha value is -1.55. The van der Waals surface area contributed by atoms with Crippen LogP contribution in [0.2, 0.25) is 0 Å². The first kappa shape index (κ1) is 11.9. The van der Waals surface area contributed by atoms with E-state index >= 15 is 0 Å². The van der Waals surface area contributed by atoms with Crippen molar-refractivity contribution in [2.45, 2.75) is 31.9 Å². The molecular formula is C13H17NO3. The highest BCUT2D eigenvalue weighted by atomic mass is 16.5. The second kappa shape index (κ2) is 4.75. The van der Waals surface area contributed by atoms with Crippen molar-refractivity contribution in [1.82, 2.24) is 0 Å². The summed E-state index contributed by atoms with van der Waals surface area (Å²) in [6, 6.07) is 5.54. The Morgan fingerprint density at radius 3 is 2.76 bits per heavy atom. The molecule has 92 valence electrons. The Bertz CT molecular complexity index is 425. The van der Waals surface area contributed by atoms with Gasteiger partial charge in [-0.3, -0.25) is 0 Å². The van der Waals surface area contributed by atoms with Gasteiger partial charge in [-0.1, -0.05) is 6.07 Å². The van der Waals surface area contributed by atoms with Gasteiger partial charge in [0.05, 0.1) is 11.7 Å². The van der Waals surface area contributed by atoms with E-state index in [1.807, 2.05) is 13.0 Å². The number of carboxylic acid groups (broad SMARTS) is 1. The van der Waals surface area contributed by atoms with Crippen molar-refractivity contribution in [3.05, 3.63) is 29.3 Å². The normalized spacial score (nSPS) is 22.9. The van der Waals surface area contributed by atoms with E-state index in [-0.39, 0.29) is 0 Å². The minimum Gasteiger partial charge on any atom is -0.478 e. The zero-order valence-electron chi connectivity index (χ0n) is 10.1. The Labute approximate surface area is 101 Å². The number of rotatable bonds is 4. The van der Waals surface area contributed by atoms with E-state index in [0.29, 0.717) is 17.7 Å². The van der Waals surface area contributed by atoms with Gasteiger partial charge in [0.1, 0.15) is 0 Å². The van der Waals surface area contributed by atoms with Crippen LogP contribution >= 0.6 is 0 Å². The number of nitrogens with one attached hydrogen (secondary N) is 1. The van der Waals surface area contributed by atoms with Gasteiger partial charge in [-0.15, -0.1) is 0 Å². The first-order valence-electron chi connectivity index (χ1n) is 5.73. The molecule has 4 nitrogen and oxygen atoms in total. The topological polar surface area (TPSA) is 58.6 Å². The fraction of sp³-hybridized carbons (Fsp3) is 0.462. The summed E-state index contributed by atoms with van der Waals surface area (Å²) in [5.41, 5.74) is 2.29. The summed E-state index contributed by atoms with van der Waals surface area (Å²) < 4.78 is 5.21. The molecule has 0 aliphatic heterocycles. The second-order valence-corrected chi connectivity index (χ2v) is 4.51. The van der Waals surface area contributed by atoms with Gasteiger partial charge in [-0.2, -0.15) is 0 Å². The summed E-state index contributed by atoms with van der Waals surface area (Å²) >= 11 is 0.